The standard InChI is InChI=1S/C17H17BrN2O3/c1-22-12-7-6-11(15(23-2)14(12)18)16(21)20-17(8-9-17)13-5-3-4-10-19-13/h3-7,10H,8-9H2,1-2H3,(H,20,21). The molecule has 2 aromatic rings. The van der Waals surface area contributed by atoms with Crippen LogP contribution in [-0.2, 0) is 5.54 Å². The van der Waals surface area contributed by atoms with E-state index in [1.807, 2.05) is 18.2 Å². The number of carbonyl (C=O) groups is 1. The monoisotopic (exact) mass is 376 g/mol. The number of rotatable bonds is 5. The molecule has 0 spiro atoms. The maximum Gasteiger partial charge on any atom is 0.255 e. The van der Waals surface area contributed by atoms with Crippen molar-refractivity contribution in [2.24, 2.45) is 0 Å². The van der Waals surface area contributed by atoms with Crippen molar-refractivity contribution in [1.82, 2.24) is 10.3 Å². The Bertz CT molecular complexity index is 730. The van der Waals surface area contributed by atoms with Crippen LogP contribution in [0.2, 0.25) is 0 Å². The molecule has 1 heterocycles. The lowest BCUT2D eigenvalue weighted by molar-refractivity contribution is 0.0926. The molecule has 0 saturated heterocycles. The summed E-state index contributed by atoms with van der Waals surface area (Å²) < 4.78 is 11.2. The average molecular weight is 377 g/mol. The highest BCUT2D eigenvalue weighted by atomic mass is 79.9. The van der Waals surface area contributed by atoms with Gasteiger partial charge in [0.1, 0.15) is 16.0 Å². The van der Waals surface area contributed by atoms with Gasteiger partial charge in [0.25, 0.3) is 5.91 Å². The first-order valence-corrected chi connectivity index (χ1v) is 8.05. The van der Waals surface area contributed by atoms with E-state index in [0.29, 0.717) is 21.5 Å². The molecule has 3 rings (SSSR count). The van der Waals surface area contributed by atoms with Crippen molar-refractivity contribution >= 4 is 21.8 Å². The van der Waals surface area contributed by atoms with Gasteiger partial charge in [-0.15, -0.1) is 0 Å². The molecule has 23 heavy (non-hydrogen) atoms. The maximum atomic E-state index is 12.7. The van der Waals surface area contributed by atoms with Crippen LogP contribution in [0.1, 0.15) is 28.9 Å². The zero-order chi connectivity index (χ0) is 16.4. The van der Waals surface area contributed by atoms with E-state index >= 15 is 0 Å². The van der Waals surface area contributed by atoms with Crippen molar-refractivity contribution in [3.8, 4) is 11.5 Å². The van der Waals surface area contributed by atoms with Gasteiger partial charge in [-0.2, -0.15) is 0 Å². The number of aromatic nitrogens is 1. The first-order valence-electron chi connectivity index (χ1n) is 7.26. The van der Waals surface area contributed by atoms with Crippen molar-refractivity contribution in [3.05, 3.63) is 52.3 Å². The number of nitrogens with zero attached hydrogens (tertiary/aromatic N) is 1. The van der Waals surface area contributed by atoms with Crippen LogP contribution in [0.15, 0.2) is 41.0 Å². The fraction of sp³-hybridized carbons (Fsp3) is 0.294. The van der Waals surface area contributed by atoms with Gasteiger partial charge in [-0.1, -0.05) is 6.07 Å². The zero-order valence-electron chi connectivity index (χ0n) is 12.9. The number of hydrogen-bond donors (Lipinski definition) is 1. The number of amides is 1. The van der Waals surface area contributed by atoms with Crippen molar-refractivity contribution in [3.63, 3.8) is 0 Å². The van der Waals surface area contributed by atoms with Crippen LogP contribution in [0.3, 0.4) is 0 Å². The molecule has 6 heteroatoms. The van der Waals surface area contributed by atoms with Gasteiger partial charge in [0, 0.05) is 6.20 Å². The summed E-state index contributed by atoms with van der Waals surface area (Å²) in [6, 6.07) is 9.17. The Morgan fingerprint density at radius 1 is 1.22 bits per heavy atom. The Morgan fingerprint density at radius 3 is 2.57 bits per heavy atom. The molecule has 1 fully saturated rings. The van der Waals surface area contributed by atoms with Crippen LogP contribution in [0.25, 0.3) is 0 Å². The molecule has 1 amide bonds. The summed E-state index contributed by atoms with van der Waals surface area (Å²) in [5.41, 5.74) is 0.984. The van der Waals surface area contributed by atoms with Gasteiger partial charge in [-0.25, -0.2) is 0 Å². The third-order valence-corrected chi connectivity index (χ3v) is 4.74. The topological polar surface area (TPSA) is 60.5 Å². The molecule has 1 aromatic heterocycles. The first kappa shape index (κ1) is 15.8. The highest BCUT2D eigenvalue weighted by Gasteiger charge is 2.47. The van der Waals surface area contributed by atoms with E-state index in [1.165, 1.54) is 7.11 Å². The molecular formula is C17H17BrN2O3. The molecule has 5 nitrogen and oxygen atoms in total. The lowest BCUT2D eigenvalue weighted by Crippen LogP contribution is -2.35. The summed E-state index contributed by atoms with van der Waals surface area (Å²) in [5, 5.41) is 3.10. The van der Waals surface area contributed by atoms with Crippen LogP contribution >= 0.6 is 15.9 Å². The highest BCUT2D eigenvalue weighted by molar-refractivity contribution is 9.10. The molecule has 0 atom stereocenters. The van der Waals surface area contributed by atoms with E-state index in [4.69, 9.17) is 9.47 Å². The Morgan fingerprint density at radius 2 is 2.00 bits per heavy atom. The molecule has 0 bridgehead atoms. The Kier molecular flexibility index (Phi) is 4.26. The van der Waals surface area contributed by atoms with Gasteiger partial charge in [-0.05, 0) is 53.0 Å². The van der Waals surface area contributed by atoms with E-state index in [-0.39, 0.29) is 11.4 Å². The molecule has 1 aliphatic carbocycles. The fourth-order valence-corrected chi connectivity index (χ4v) is 3.24. The molecule has 0 aliphatic heterocycles. The summed E-state index contributed by atoms with van der Waals surface area (Å²) in [7, 11) is 3.10. The Hall–Kier alpha value is -2.08. The number of hydrogen-bond acceptors (Lipinski definition) is 4. The van der Waals surface area contributed by atoms with Crippen LogP contribution in [0.4, 0.5) is 0 Å². The minimum Gasteiger partial charge on any atom is -0.495 e. The second-order valence-corrected chi connectivity index (χ2v) is 6.21. The summed E-state index contributed by atoms with van der Waals surface area (Å²) >= 11 is 3.42. The van der Waals surface area contributed by atoms with Gasteiger partial charge in [0.2, 0.25) is 0 Å². The largest absolute Gasteiger partial charge is 0.495 e. The van der Waals surface area contributed by atoms with E-state index < -0.39 is 0 Å². The normalized spacial score (nSPS) is 14.9. The zero-order valence-corrected chi connectivity index (χ0v) is 14.5. The molecule has 1 saturated carbocycles. The van der Waals surface area contributed by atoms with Crippen LogP contribution < -0.4 is 14.8 Å². The third-order valence-electron chi connectivity index (χ3n) is 3.99. The van der Waals surface area contributed by atoms with E-state index in [0.717, 1.165) is 18.5 Å². The molecule has 1 N–H and O–H groups in total. The first-order chi connectivity index (χ1) is 11.1. The molecular weight excluding hydrogens is 360 g/mol. The molecule has 0 unspecified atom stereocenters. The summed E-state index contributed by atoms with van der Waals surface area (Å²) in [4.78, 5) is 17.1. The third kappa shape index (κ3) is 2.91. The van der Waals surface area contributed by atoms with Crippen molar-refractivity contribution in [2.45, 2.75) is 18.4 Å². The van der Waals surface area contributed by atoms with Crippen molar-refractivity contribution in [2.75, 3.05) is 14.2 Å². The van der Waals surface area contributed by atoms with Crippen LogP contribution in [0, 0.1) is 0 Å². The summed E-state index contributed by atoms with van der Waals surface area (Å²) in [6.45, 7) is 0. The molecule has 0 radical (unpaired) electrons. The highest BCUT2D eigenvalue weighted by Crippen LogP contribution is 2.45. The van der Waals surface area contributed by atoms with Crippen molar-refractivity contribution in [1.29, 1.82) is 0 Å². The number of ether oxygens (including phenoxy) is 2. The number of benzene rings is 1. The number of halogens is 1. The van der Waals surface area contributed by atoms with Gasteiger partial charge in [0.05, 0.1) is 31.0 Å². The summed E-state index contributed by atoms with van der Waals surface area (Å²) in [5.74, 6) is 0.885. The molecule has 1 aromatic carbocycles. The number of nitrogens with one attached hydrogen (secondary N) is 1. The molecule has 120 valence electrons. The van der Waals surface area contributed by atoms with Gasteiger partial charge in [0.15, 0.2) is 0 Å². The quantitative estimate of drug-likeness (QED) is 0.869. The predicted molar refractivity (Wildman–Crippen MR) is 89.9 cm³/mol. The van der Waals surface area contributed by atoms with Crippen molar-refractivity contribution < 1.29 is 14.3 Å². The lowest BCUT2D eigenvalue weighted by atomic mass is 10.1. The minimum atomic E-state index is -0.365. The minimum absolute atomic E-state index is 0.187. The van der Waals surface area contributed by atoms with Gasteiger partial charge >= 0.3 is 0 Å². The van der Waals surface area contributed by atoms with Gasteiger partial charge < -0.3 is 14.8 Å². The fourth-order valence-electron chi connectivity index (χ4n) is 2.57. The van der Waals surface area contributed by atoms with E-state index in [2.05, 4.69) is 26.2 Å². The van der Waals surface area contributed by atoms with Gasteiger partial charge in [-0.3, -0.25) is 9.78 Å². The summed E-state index contributed by atoms with van der Waals surface area (Å²) in [6.07, 6.45) is 3.51. The lowest BCUT2D eigenvalue weighted by Gasteiger charge is -2.19. The smallest absolute Gasteiger partial charge is 0.255 e. The molecule has 1 aliphatic rings. The van der Waals surface area contributed by atoms with E-state index in [9.17, 15) is 4.79 Å². The predicted octanol–water partition coefficient (Wildman–Crippen LogP) is 3.28. The Labute approximate surface area is 143 Å². The maximum absolute atomic E-state index is 12.7. The SMILES string of the molecule is COc1ccc(C(=O)NC2(c3ccccn3)CC2)c(OC)c1Br. The number of carbonyl (C=O) groups excluding carboxylic acids is 1. The number of methoxy groups -OCH3 is 2. The average Bonchev–Trinajstić information content (AvgIpc) is 3.36. The van der Waals surface area contributed by atoms with Crippen LogP contribution in [-0.4, -0.2) is 25.1 Å². The Balaban J connectivity index is 1.89. The second kappa shape index (κ2) is 6.20. The second-order valence-electron chi connectivity index (χ2n) is 5.41. The van der Waals surface area contributed by atoms with E-state index in [1.54, 1.807) is 25.4 Å². The van der Waals surface area contributed by atoms with Crippen LogP contribution in [0.5, 0.6) is 11.5 Å². The number of pyridine rings is 1.